The Morgan fingerprint density at radius 3 is 2.95 bits per heavy atom. The van der Waals surface area contributed by atoms with E-state index in [4.69, 9.17) is 21.1 Å². The van der Waals surface area contributed by atoms with Crippen molar-refractivity contribution in [1.29, 1.82) is 0 Å². The van der Waals surface area contributed by atoms with Gasteiger partial charge in [0.1, 0.15) is 11.9 Å². The average molecular weight is 282 g/mol. The largest absolute Gasteiger partial charge is 0.488 e. The molecule has 4 heteroatoms. The van der Waals surface area contributed by atoms with Crippen LogP contribution in [0.15, 0.2) is 18.2 Å². The minimum Gasteiger partial charge on any atom is -0.488 e. The second-order valence-electron chi connectivity index (χ2n) is 5.75. The Morgan fingerprint density at radius 1 is 1.37 bits per heavy atom. The van der Waals surface area contributed by atoms with Gasteiger partial charge in [0.05, 0.1) is 0 Å². The maximum absolute atomic E-state index is 6.01. The van der Waals surface area contributed by atoms with Crippen molar-refractivity contribution in [2.24, 2.45) is 0 Å². The van der Waals surface area contributed by atoms with E-state index in [1.54, 1.807) is 0 Å². The first kappa shape index (κ1) is 13.2. The number of rotatable bonds is 3. The minimum atomic E-state index is 0.189. The molecular formula is C15H20ClNO2. The number of hydrogen-bond acceptors (Lipinski definition) is 3. The first-order chi connectivity index (χ1) is 9.15. The molecule has 0 aliphatic carbocycles. The van der Waals surface area contributed by atoms with Crippen molar-refractivity contribution in [3.05, 3.63) is 28.8 Å². The molecule has 1 aromatic carbocycles. The van der Waals surface area contributed by atoms with Crippen molar-refractivity contribution in [3.63, 3.8) is 0 Å². The number of ether oxygens (including phenoxy) is 2. The summed E-state index contributed by atoms with van der Waals surface area (Å²) in [5, 5.41) is 4.44. The fourth-order valence-electron chi connectivity index (χ4n) is 2.76. The average Bonchev–Trinajstić information content (AvgIpc) is 2.79. The predicted octanol–water partition coefficient (Wildman–Crippen LogP) is 2.80. The van der Waals surface area contributed by atoms with Crippen molar-refractivity contribution in [3.8, 4) is 5.75 Å². The summed E-state index contributed by atoms with van der Waals surface area (Å²) in [7, 11) is 0. The Kier molecular flexibility index (Phi) is 3.70. The van der Waals surface area contributed by atoms with Gasteiger partial charge in [0.25, 0.3) is 0 Å². The molecule has 1 unspecified atom stereocenters. The zero-order valence-corrected chi connectivity index (χ0v) is 12.0. The van der Waals surface area contributed by atoms with Crippen molar-refractivity contribution >= 4 is 11.6 Å². The first-order valence-electron chi connectivity index (χ1n) is 6.92. The zero-order chi connectivity index (χ0) is 13.3. The molecule has 0 saturated carbocycles. The van der Waals surface area contributed by atoms with Gasteiger partial charge in [0.15, 0.2) is 0 Å². The van der Waals surface area contributed by atoms with Crippen LogP contribution in [0.2, 0.25) is 5.02 Å². The molecule has 1 saturated heterocycles. The van der Waals surface area contributed by atoms with E-state index < -0.39 is 0 Å². The lowest BCUT2D eigenvalue weighted by Gasteiger charge is -2.35. The van der Waals surface area contributed by atoms with Crippen molar-refractivity contribution < 1.29 is 9.47 Å². The quantitative estimate of drug-likeness (QED) is 0.924. The Bertz CT molecular complexity index is 457. The monoisotopic (exact) mass is 281 g/mol. The number of nitrogens with one attached hydrogen (secondary N) is 1. The summed E-state index contributed by atoms with van der Waals surface area (Å²) >= 11 is 6.01. The normalized spacial score (nSPS) is 24.8. The molecule has 1 atom stereocenters. The van der Waals surface area contributed by atoms with Gasteiger partial charge in [0.2, 0.25) is 0 Å². The van der Waals surface area contributed by atoms with Gasteiger partial charge in [-0.15, -0.1) is 0 Å². The summed E-state index contributed by atoms with van der Waals surface area (Å²) in [6, 6.07) is 5.86. The molecule has 0 bridgehead atoms. The zero-order valence-electron chi connectivity index (χ0n) is 11.2. The molecular weight excluding hydrogens is 262 g/mol. The molecule has 0 aromatic heterocycles. The van der Waals surface area contributed by atoms with E-state index in [0.29, 0.717) is 0 Å². The molecule has 104 valence electrons. The van der Waals surface area contributed by atoms with E-state index in [9.17, 15) is 0 Å². The summed E-state index contributed by atoms with van der Waals surface area (Å²) in [5.74, 6) is 0.980. The Labute approximate surface area is 119 Å². The summed E-state index contributed by atoms with van der Waals surface area (Å²) in [6.07, 6.45) is 3.29. The molecule has 19 heavy (non-hydrogen) atoms. The Hall–Kier alpha value is -0.770. The number of benzene rings is 1. The SMILES string of the molecule is CC1(NCC2Cc3cc(Cl)ccc3O2)CCOCC1. The summed E-state index contributed by atoms with van der Waals surface area (Å²) in [5.41, 5.74) is 1.41. The van der Waals surface area contributed by atoms with Crippen LogP contribution in [-0.4, -0.2) is 31.4 Å². The molecule has 1 aromatic rings. The maximum atomic E-state index is 6.01. The van der Waals surface area contributed by atoms with Gasteiger partial charge in [-0.1, -0.05) is 11.6 Å². The highest BCUT2D eigenvalue weighted by Crippen LogP contribution is 2.31. The summed E-state index contributed by atoms with van der Waals surface area (Å²) in [4.78, 5) is 0. The lowest BCUT2D eigenvalue weighted by Crippen LogP contribution is -2.50. The second-order valence-corrected chi connectivity index (χ2v) is 6.19. The van der Waals surface area contributed by atoms with Crippen LogP contribution in [0.3, 0.4) is 0 Å². The van der Waals surface area contributed by atoms with E-state index in [2.05, 4.69) is 12.2 Å². The van der Waals surface area contributed by atoms with Crippen LogP contribution in [0.4, 0.5) is 0 Å². The van der Waals surface area contributed by atoms with E-state index in [1.165, 1.54) is 5.56 Å². The smallest absolute Gasteiger partial charge is 0.123 e. The number of fused-ring (bicyclic) bond motifs is 1. The van der Waals surface area contributed by atoms with Gasteiger partial charge in [-0.25, -0.2) is 0 Å². The van der Waals surface area contributed by atoms with Gasteiger partial charge in [-0.05, 0) is 43.5 Å². The lowest BCUT2D eigenvalue weighted by atomic mass is 9.92. The van der Waals surface area contributed by atoms with Gasteiger partial charge >= 0.3 is 0 Å². The highest BCUT2D eigenvalue weighted by Gasteiger charge is 2.29. The Morgan fingerprint density at radius 2 is 2.16 bits per heavy atom. The van der Waals surface area contributed by atoms with Crippen LogP contribution in [-0.2, 0) is 11.2 Å². The van der Waals surface area contributed by atoms with E-state index in [1.807, 2.05) is 18.2 Å². The van der Waals surface area contributed by atoms with Crippen LogP contribution in [0.5, 0.6) is 5.75 Å². The predicted molar refractivity (Wildman–Crippen MR) is 76.0 cm³/mol. The molecule has 2 heterocycles. The third kappa shape index (κ3) is 3.04. The van der Waals surface area contributed by atoms with Crippen LogP contribution >= 0.6 is 11.6 Å². The highest BCUT2D eigenvalue weighted by molar-refractivity contribution is 6.30. The van der Waals surface area contributed by atoms with Gasteiger partial charge in [-0.2, -0.15) is 0 Å². The Balaban J connectivity index is 1.55. The minimum absolute atomic E-state index is 0.189. The van der Waals surface area contributed by atoms with Gasteiger partial charge < -0.3 is 14.8 Å². The molecule has 0 spiro atoms. The van der Waals surface area contributed by atoms with E-state index >= 15 is 0 Å². The molecule has 1 N–H and O–H groups in total. The maximum Gasteiger partial charge on any atom is 0.123 e. The number of halogens is 1. The molecule has 0 radical (unpaired) electrons. The fourth-order valence-corrected chi connectivity index (χ4v) is 2.96. The highest BCUT2D eigenvalue weighted by atomic mass is 35.5. The van der Waals surface area contributed by atoms with E-state index in [0.717, 1.165) is 49.8 Å². The van der Waals surface area contributed by atoms with Crippen LogP contribution in [0.1, 0.15) is 25.3 Å². The standard InChI is InChI=1S/C15H20ClNO2/c1-15(4-6-18-7-5-15)17-10-13-9-11-8-12(16)2-3-14(11)19-13/h2-3,8,13,17H,4-7,9-10H2,1H3. The summed E-state index contributed by atoms with van der Waals surface area (Å²) < 4.78 is 11.4. The van der Waals surface area contributed by atoms with Crippen LogP contribution in [0, 0.1) is 0 Å². The first-order valence-corrected chi connectivity index (χ1v) is 7.30. The van der Waals surface area contributed by atoms with Crippen LogP contribution < -0.4 is 10.1 Å². The third-order valence-electron chi connectivity index (χ3n) is 4.12. The molecule has 2 aliphatic rings. The molecule has 2 aliphatic heterocycles. The molecule has 1 fully saturated rings. The molecule has 3 nitrogen and oxygen atoms in total. The van der Waals surface area contributed by atoms with Crippen molar-refractivity contribution in [1.82, 2.24) is 5.32 Å². The molecule has 3 rings (SSSR count). The third-order valence-corrected chi connectivity index (χ3v) is 4.35. The van der Waals surface area contributed by atoms with Crippen molar-refractivity contribution in [2.45, 2.75) is 37.8 Å². The second kappa shape index (κ2) is 5.31. The lowest BCUT2D eigenvalue weighted by molar-refractivity contribution is 0.0413. The number of hydrogen-bond donors (Lipinski definition) is 1. The van der Waals surface area contributed by atoms with Crippen molar-refractivity contribution in [2.75, 3.05) is 19.8 Å². The fraction of sp³-hybridized carbons (Fsp3) is 0.600. The van der Waals surface area contributed by atoms with Crippen LogP contribution in [0.25, 0.3) is 0 Å². The van der Waals surface area contributed by atoms with Gasteiger partial charge in [0, 0.05) is 36.7 Å². The topological polar surface area (TPSA) is 30.5 Å². The van der Waals surface area contributed by atoms with E-state index in [-0.39, 0.29) is 11.6 Å². The summed E-state index contributed by atoms with van der Waals surface area (Å²) in [6.45, 7) is 4.85. The molecule has 0 amide bonds. The van der Waals surface area contributed by atoms with Gasteiger partial charge in [-0.3, -0.25) is 0 Å².